The Labute approximate surface area is 293 Å². The summed E-state index contributed by atoms with van der Waals surface area (Å²) < 4.78 is 5.01. The number of urea groups is 1. The molecular weight excluding hydrogens is 626 g/mol. The summed E-state index contributed by atoms with van der Waals surface area (Å²) in [6, 6.07) is -4.60. The predicted octanol–water partition coefficient (Wildman–Crippen LogP) is 3.75. The van der Waals surface area contributed by atoms with Gasteiger partial charge < -0.3 is 25.6 Å². The van der Waals surface area contributed by atoms with Crippen LogP contribution in [0.25, 0.3) is 0 Å². The largest absolute Gasteiger partial charge is 0.464 e. The van der Waals surface area contributed by atoms with Gasteiger partial charge in [0.1, 0.15) is 18.1 Å². The molecule has 0 aromatic rings. The van der Waals surface area contributed by atoms with Crippen LogP contribution in [0.4, 0.5) is 4.79 Å². The summed E-state index contributed by atoms with van der Waals surface area (Å²) in [6.07, 6.45) is 6.46. The maximum Gasteiger partial charge on any atom is 0.336 e. The fourth-order valence-corrected chi connectivity index (χ4v) is 6.18. The summed E-state index contributed by atoms with van der Waals surface area (Å²) in [5.41, 5.74) is -1.23. The summed E-state index contributed by atoms with van der Waals surface area (Å²) >= 11 is 0. The van der Waals surface area contributed by atoms with Gasteiger partial charge in [-0.2, -0.15) is 0 Å². The van der Waals surface area contributed by atoms with Crippen molar-refractivity contribution in [2.24, 2.45) is 28.6 Å². The second-order valence-corrected chi connectivity index (χ2v) is 16.2. The molecule has 2 fully saturated rings. The van der Waals surface area contributed by atoms with Gasteiger partial charge in [-0.3, -0.25) is 18.9 Å². The fraction of sp³-hybridized carbons (Fsp3) is 0.730. The third-order valence-corrected chi connectivity index (χ3v) is 10.0. The first-order chi connectivity index (χ1) is 22.6. The lowest BCUT2D eigenvalue weighted by Gasteiger charge is -2.39. The number of rotatable bonds is 17. The Bertz CT molecular complexity index is 1260. The van der Waals surface area contributed by atoms with Crippen molar-refractivity contribution >= 4 is 35.5 Å². The van der Waals surface area contributed by atoms with E-state index in [0.29, 0.717) is 25.4 Å². The Morgan fingerprint density at radius 1 is 1.00 bits per heavy atom. The highest BCUT2D eigenvalue weighted by Gasteiger charge is 2.54. The van der Waals surface area contributed by atoms with Crippen molar-refractivity contribution in [3.8, 4) is 0 Å². The normalized spacial score (nSPS) is 20.1. The molecule has 1 saturated heterocycles. The predicted molar refractivity (Wildman–Crippen MR) is 189 cm³/mol. The highest BCUT2D eigenvalue weighted by Crippen LogP contribution is 2.40. The van der Waals surface area contributed by atoms with E-state index in [0.717, 1.165) is 12.8 Å². The van der Waals surface area contributed by atoms with E-state index in [4.69, 9.17) is 4.74 Å². The van der Waals surface area contributed by atoms with E-state index in [9.17, 15) is 28.8 Å². The van der Waals surface area contributed by atoms with Crippen molar-refractivity contribution in [3.63, 3.8) is 0 Å². The second kappa shape index (κ2) is 16.9. The summed E-state index contributed by atoms with van der Waals surface area (Å²) in [7, 11) is 3.22. The second-order valence-electron chi connectivity index (χ2n) is 16.2. The first-order valence-corrected chi connectivity index (χ1v) is 17.6. The molecule has 1 aliphatic carbocycles. The van der Waals surface area contributed by atoms with Crippen LogP contribution in [0.1, 0.15) is 87.5 Å². The van der Waals surface area contributed by atoms with Crippen LogP contribution in [0.5, 0.6) is 0 Å². The summed E-state index contributed by atoms with van der Waals surface area (Å²) in [6.45, 7) is 23.1. The van der Waals surface area contributed by atoms with Crippen molar-refractivity contribution < 1.29 is 38.0 Å². The van der Waals surface area contributed by atoms with Crippen molar-refractivity contribution in [3.05, 3.63) is 25.3 Å². The number of nitrogens with zero attached hydrogens (tertiary/aromatic N) is 2. The lowest BCUT2D eigenvalue weighted by Crippen LogP contribution is -2.65. The maximum atomic E-state index is 14.6. The number of allylic oxidation sites excluding steroid dienone is 1. The molecular formula is C37H62N5O7+. The first-order valence-electron chi connectivity index (χ1n) is 17.6. The number of ketones is 1. The number of likely N-dealkylation sites (tertiary alicyclic amines) is 1. The van der Waals surface area contributed by atoms with Crippen LogP contribution < -0.4 is 16.0 Å². The zero-order chi connectivity index (χ0) is 37.5. The Kier molecular flexibility index (Phi) is 14.4. The third kappa shape index (κ3) is 10.7. The number of quaternary nitrogens is 1. The van der Waals surface area contributed by atoms with E-state index >= 15 is 0 Å². The van der Waals surface area contributed by atoms with E-state index in [1.807, 2.05) is 47.6 Å². The van der Waals surface area contributed by atoms with Gasteiger partial charge in [0.15, 0.2) is 6.04 Å². The van der Waals surface area contributed by atoms with Crippen LogP contribution in [-0.2, 0) is 28.7 Å². The van der Waals surface area contributed by atoms with Gasteiger partial charge in [0.2, 0.25) is 5.91 Å². The van der Waals surface area contributed by atoms with E-state index in [-0.39, 0.29) is 37.3 Å². The summed E-state index contributed by atoms with van der Waals surface area (Å²) in [4.78, 5) is 83.2. The molecule has 5 atom stereocenters. The molecule has 1 aliphatic heterocycles. The number of Topliss-reactive ketones (excluding diaryl/α,β-unsaturated/α-hetero) is 1. The molecule has 0 aromatic carbocycles. The Balaban J connectivity index is 2.45. The van der Waals surface area contributed by atoms with Crippen molar-refractivity contribution in [2.45, 2.75) is 112 Å². The molecule has 49 heavy (non-hydrogen) atoms. The molecule has 0 bridgehead atoms. The van der Waals surface area contributed by atoms with Gasteiger partial charge in [-0.05, 0) is 47.8 Å². The fourth-order valence-electron chi connectivity index (χ4n) is 6.18. The van der Waals surface area contributed by atoms with Gasteiger partial charge in [-0.1, -0.05) is 74.0 Å². The van der Waals surface area contributed by atoms with Gasteiger partial charge >= 0.3 is 17.9 Å². The van der Waals surface area contributed by atoms with Gasteiger partial charge in [0.25, 0.3) is 11.7 Å². The Morgan fingerprint density at radius 2 is 1.61 bits per heavy atom. The molecule has 276 valence electrons. The zero-order valence-corrected chi connectivity index (χ0v) is 31.5. The van der Waals surface area contributed by atoms with Gasteiger partial charge in [-0.25, -0.2) is 14.4 Å². The number of esters is 1. The van der Waals surface area contributed by atoms with E-state index in [2.05, 4.69) is 29.1 Å². The van der Waals surface area contributed by atoms with E-state index < -0.39 is 69.1 Å². The molecule has 12 nitrogen and oxygen atoms in total. The standard InChI is InChI=1S/C37H61N5O7/c1-13-16-27(29(43)31(44)38-19-14-2)42(11,12)33(46)26-20-25(37(9,10)15-3)21-41(26)32(45)30(36(6,7)8)40-35(48)39-28(23(4)5)34(47)49-22-24-17-18-24/h14-15,23-28,30H,2-3,13,16-22H2,1,4-12H3,(H2-,38,39,40,44,48)/p+1/t25-,26+,27?,28+,30-/m1/s1. The van der Waals surface area contributed by atoms with Crippen LogP contribution in [-0.4, -0.2) is 103 Å². The Morgan fingerprint density at radius 3 is 2.10 bits per heavy atom. The molecule has 0 aromatic heterocycles. The van der Waals surface area contributed by atoms with Crippen LogP contribution in [0.15, 0.2) is 25.3 Å². The number of hydrogen-bond donors (Lipinski definition) is 3. The molecule has 1 heterocycles. The molecule has 0 spiro atoms. The number of amides is 5. The molecule has 2 aliphatic rings. The summed E-state index contributed by atoms with van der Waals surface area (Å²) in [5.74, 6) is -2.90. The minimum atomic E-state index is -1.07. The highest BCUT2D eigenvalue weighted by atomic mass is 16.5. The van der Waals surface area contributed by atoms with Crippen LogP contribution in [0.3, 0.4) is 0 Å². The van der Waals surface area contributed by atoms with E-state index in [1.54, 1.807) is 27.9 Å². The monoisotopic (exact) mass is 688 g/mol. The minimum Gasteiger partial charge on any atom is -0.464 e. The number of carbonyl (C=O) groups excluding carboxylic acids is 6. The average molecular weight is 689 g/mol. The van der Waals surface area contributed by atoms with Gasteiger partial charge in [0.05, 0.1) is 20.7 Å². The SMILES string of the molecule is C=CCNC(=O)C(=O)C(CCC)[N+](C)(C)C(=O)[C@@H]1C[C@@H](C(C)(C)C=C)CN1C(=O)[C@@H](NC(=O)N[C@H](C(=O)OCC1CC1)C(C)C)C(C)(C)C. The molecule has 5 amide bonds. The molecule has 0 radical (unpaired) electrons. The molecule has 3 N–H and O–H groups in total. The molecule has 1 saturated carbocycles. The lowest BCUT2D eigenvalue weighted by atomic mass is 9.77. The van der Waals surface area contributed by atoms with E-state index in [1.165, 1.54) is 11.0 Å². The summed E-state index contributed by atoms with van der Waals surface area (Å²) in [5, 5.41) is 8.05. The lowest BCUT2D eigenvalue weighted by molar-refractivity contribution is -0.831. The quantitative estimate of drug-likeness (QED) is 0.0912. The smallest absolute Gasteiger partial charge is 0.336 e. The van der Waals surface area contributed by atoms with Crippen LogP contribution >= 0.6 is 0 Å². The van der Waals surface area contributed by atoms with Crippen LogP contribution in [0.2, 0.25) is 0 Å². The zero-order valence-electron chi connectivity index (χ0n) is 31.5. The minimum absolute atomic E-state index is 0.113. The molecule has 2 rings (SSSR count). The number of nitrogens with one attached hydrogen (secondary N) is 3. The van der Waals surface area contributed by atoms with Gasteiger partial charge in [-0.15, -0.1) is 13.2 Å². The number of ether oxygens (including phenoxy) is 1. The maximum absolute atomic E-state index is 14.6. The topological polar surface area (TPSA) is 151 Å². The average Bonchev–Trinajstić information content (AvgIpc) is 3.75. The number of hydrogen-bond acceptors (Lipinski definition) is 7. The number of likely N-dealkylation sites (N-methyl/N-ethyl adjacent to an activating group) is 1. The number of carbonyl (C=O) groups is 6. The first kappa shape index (κ1) is 41.6. The highest BCUT2D eigenvalue weighted by molar-refractivity contribution is 6.38. The van der Waals surface area contributed by atoms with Crippen molar-refractivity contribution in [1.29, 1.82) is 0 Å². The van der Waals surface area contributed by atoms with Crippen LogP contribution in [0, 0.1) is 28.6 Å². The van der Waals surface area contributed by atoms with Crippen molar-refractivity contribution in [2.75, 3.05) is 33.8 Å². The third-order valence-electron chi connectivity index (χ3n) is 10.0. The molecule has 1 unspecified atom stereocenters. The van der Waals surface area contributed by atoms with Crippen molar-refractivity contribution in [1.82, 2.24) is 20.9 Å². The Hall–Kier alpha value is -3.54. The van der Waals surface area contributed by atoms with Gasteiger partial charge in [0, 0.05) is 19.5 Å². The molecule has 12 heteroatoms.